The molecule has 0 spiro atoms. The normalized spacial score (nSPS) is 16.6. The highest BCUT2D eigenvalue weighted by Gasteiger charge is 2.43. The lowest BCUT2D eigenvalue weighted by Crippen LogP contribution is -2.61. The predicted octanol–water partition coefficient (Wildman–Crippen LogP) is -10.5. The van der Waals surface area contributed by atoms with Crippen molar-refractivity contribution in [1.82, 2.24) is 89.6 Å². The number of amides is 18. The molecule has 1 aromatic carbocycles. The van der Waals surface area contributed by atoms with Crippen molar-refractivity contribution in [3.05, 3.63) is 29.8 Å². The fraction of sp³-hybridized carbons (Fsp3) is 0.654. The first-order chi connectivity index (χ1) is 59.7. The number of nitrogens with two attached hydrogens (primary N) is 5. The van der Waals surface area contributed by atoms with Crippen molar-refractivity contribution >= 4 is 124 Å². The van der Waals surface area contributed by atoms with Gasteiger partial charge in [0.2, 0.25) is 106 Å². The van der Waals surface area contributed by atoms with Crippen molar-refractivity contribution in [1.29, 1.82) is 5.41 Å². The number of aliphatic hydroxyl groups is 3. The number of aromatic hydroxyl groups is 1. The summed E-state index contributed by atoms with van der Waals surface area (Å²) in [5, 5.41) is 104. The number of carboxylic acids is 2. The molecule has 32 N–H and O–H groups in total. The summed E-state index contributed by atoms with van der Waals surface area (Å²) >= 11 is 0. The number of hydrogen-bond donors (Lipinski definition) is 27. The quantitative estimate of drug-likeness (QED) is 0.0164. The fourth-order valence-corrected chi connectivity index (χ4v) is 13.4. The summed E-state index contributed by atoms with van der Waals surface area (Å²) in [4.78, 5) is 271. The summed E-state index contributed by atoms with van der Waals surface area (Å²) < 4.78 is 0. The summed E-state index contributed by atoms with van der Waals surface area (Å²) in [6.45, 7) is 6.52. The molecule has 0 unspecified atom stereocenters. The molecule has 0 aliphatic carbocycles. The van der Waals surface area contributed by atoms with Gasteiger partial charge in [-0.25, -0.2) is 4.79 Å². The van der Waals surface area contributed by atoms with Crippen LogP contribution in [0.1, 0.15) is 157 Å². The lowest BCUT2D eigenvalue weighted by atomic mass is 9.99. The van der Waals surface area contributed by atoms with Crippen LogP contribution < -0.4 is 108 Å². The molecule has 127 heavy (non-hydrogen) atoms. The third-order valence-electron chi connectivity index (χ3n) is 20.2. The Labute approximate surface area is 732 Å². The minimum Gasteiger partial charge on any atom is -0.508 e. The predicted molar refractivity (Wildman–Crippen MR) is 448 cm³/mol. The molecule has 49 heteroatoms. The van der Waals surface area contributed by atoms with Crippen LogP contribution in [-0.4, -0.2) is 314 Å². The van der Waals surface area contributed by atoms with E-state index in [-0.39, 0.29) is 88.4 Å². The molecule has 2 heterocycles. The lowest BCUT2D eigenvalue weighted by molar-refractivity contribution is -0.149. The molecule has 18 amide bonds. The number of hydrogen-bond acceptors (Lipinski definition) is 27. The summed E-state index contributed by atoms with van der Waals surface area (Å²) in [6, 6.07) is -18.1. The Balaban J connectivity index is 1.79. The van der Waals surface area contributed by atoms with E-state index in [0.717, 1.165) is 11.8 Å². The number of carbonyl (C=O) groups is 20. The maximum atomic E-state index is 14.5. The van der Waals surface area contributed by atoms with Gasteiger partial charge in [-0.05, 0) is 132 Å². The molecule has 15 atom stereocenters. The number of nitrogens with one attached hydrogen (secondary N) is 16. The van der Waals surface area contributed by atoms with Crippen molar-refractivity contribution in [3.63, 3.8) is 0 Å². The molecule has 0 aromatic heterocycles. The number of carbonyl (C=O) groups excluding carboxylic acids is 18. The third kappa shape index (κ3) is 38.5. The van der Waals surface area contributed by atoms with Crippen molar-refractivity contribution in [2.45, 2.75) is 248 Å². The number of benzene rings is 1. The number of guanidine groups is 1. The highest BCUT2D eigenvalue weighted by atomic mass is 16.4. The Morgan fingerprint density at radius 1 is 0.449 bits per heavy atom. The standard InChI is InChI=1S/C78H127N23O26/c1-38(2)29-44(80)64(113)99-62(40(5)6)76(125)100-27-11-15-55(100)74(123)98-54(37-104)73(122)97-52(35-102)71(120)92-46(13-8-9-25-79)66(115)87-33-59(108)89-45(14-10-26-85-78(83)84)65(114)86-34-60(109)90-51(32-61(110)111)70(119)95-50(31-42-17-19-43(105)20-18-42)69(118)94-49(30-39(3)4)68(117)88-41(7)63(112)91-47(21-23-57(81)106)67(116)96-53(36-103)72(121)93-48(22-24-58(82)107)75(124)101-28-12-16-56(101)77(126)127/h17-20,38-41,44-56,62,102-105H,8-16,21-37,79-80H2,1-7H3,(H2,81,106)(H2,82,107)(H,86,114)(H,87,115)(H,88,117)(H,89,108)(H,90,109)(H,91,112)(H,92,120)(H,93,121)(H,94,118)(H,95,119)(H,96,116)(H,97,122)(H,98,123)(H,99,113)(H,110,111)(H,126,127)(H4,83,84,85)/t41-,44-,45-,46-,47-,48-,49-,50-,51-,52-,53-,54-,55-,56-,62-/m0/s1. The van der Waals surface area contributed by atoms with Crippen molar-refractivity contribution < 1.29 is 127 Å². The van der Waals surface area contributed by atoms with Gasteiger partial charge in [-0.15, -0.1) is 0 Å². The van der Waals surface area contributed by atoms with Gasteiger partial charge in [0.25, 0.3) is 0 Å². The average molecular weight is 1800 g/mol. The number of likely N-dealkylation sites (tertiary alicyclic amines) is 2. The average Bonchev–Trinajstić information content (AvgIpc) is 1.72. The van der Waals surface area contributed by atoms with E-state index < -0.39 is 298 Å². The number of rotatable bonds is 57. The first-order valence-corrected chi connectivity index (χ1v) is 41.7. The maximum Gasteiger partial charge on any atom is 0.326 e. The number of carboxylic acid groups (broad SMARTS) is 2. The van der Waals surface area contributed by atoms with Crippen molar-refractivity contribution in [2.75, 3.05) is 59.1 Å². The third-order valence-corrected chi connectivity index (χ3v) is 20.2. The van der Waals surface area contributed by atoms with Crippen molar-refractivity contribution in [3.8, 4) is 5.75 Å². The van der Waals surface area contributed by atoms with Crippen LogP contribution >= 0.6 is 0 Å². The number of primary amides is 2. The number of phenolic OH excluding ortho intramolecular Hbond substituents is 1. The highest BCUT2D eigenvalue weighted by Crippen LogP contribution is 2.23. The Morgan fingerprint density at radius 3 is 1.37 bits per heavy atom. The molecule has 0 radical (unpaired) electrons. The van der Waals surface area contributed by atoms with Crippen LogP contribution in [0.2, 0.25) is 0 Å². The van der Waals surface area contributed by atoms with Crippen LogP contribution in [-0.2, 0) is 102 Å². The minimum atomic E-state index is -2.04. The molecule has 0 saturated carbocycles. The second-order valence-corrected chi connectivity index (χ2v) is 32.0. The second kappa shape index (κ2) is 55.1. The van der Waals surface area contributed by atoms with Gasteiger partial charge in [0.05, 0.1) is 45.4 Å². The van der Waals surface area contributed by atoms with E-state index >= 15 is 0 Å². The van der Waals surface area contributed by atoms with E-state index in [9.17, 15) is 127 Å². The number of unbranched alkanes of at least 4 members (excludes halogenated alkanes) is 1. The number of aliphatic hydroxyl groups excluding tert-OH is 3. The number of aliphatic carboxylic acids is 2. The van der Waals surface area contributed by atoms with E-state index in [4.69, 9.17) is 34.1 Å². The molecule has 2 aliphatic rings. The van der Waals surface area contributed by atoms with Crippen LogP contribution in [0.15, 0.2) is 24.3 Å². The first-order valence-electron chi connectivity index (χ1n) is 41.7. The van der Waals surface area contributed by atoms with Gasteiger partial charge >= 0.3 is 11.9 Å². The Hall–Kier alpha value is -12.5. The van der Waals surface area contributed by atoms with Gasteiger partial charge in [0.15, 0.2) is 5.96 Å². The smallest absolute Gasteiger partial charge is 0.326 e. The van der Waals surface area contributed by atoms with Gasteiger partial charge in [-0.2, -0.15) is 0 Å². The SMILES string of the molecule is CC(C)C[C@H](NC(=O)[C@H](Cc1ccc(O)cc1)NC(=O)[C@H](CC(=O)O)NC(=O)CNC(=O)[C@H](CCCNC(=N)N)NC(=O)CNC(=O)[C@H](CCCCN)NC(=O)[C@H](CO)NC(=O)[C@H](CO)NC(=O)[C@@H]1CCCN1C(=O)[C@@H](NC(=O)[C@@H](N)CC(C)C)C(C)C)C(=O)N[C@@H](C)C(=O)N[C@@H](CCC(N)=O)C(=O)N[C@@H](CO)C(=O)N[C@@H](CCC(N)=O)C(=O)N1CCC[C@H]1C(=O)O. The van der Waals surface area contributed by atoms with Crippen LogP contribution in [0.4, 0.5) is 0 Å². The zero-order valence-corrected chi connectivity index (χ0v) is 72.2. The van der Waals surface area contributed by atoms with Crippen LogP contribution in [0.5, 0.6) is 5.75 Å². The van der Waals surface area contributed by atoms with Gasteiger partial charge in [-0.3, -0.25) is 96.5 Å². The highest BCUT2D eigenvalue weighted by molar-refractivity contribution is 6.01. The minimum absolute atomic E-state index is 0.00279. The van der Waals surface area contributed by atoms with Gasteiger partial charge in [0, 0.05) is 38.9 Å². The fourth-order valence-electron chi connectivity index (χ4n) is 13.4. The zero-order valence-electron chi connectivity index (χ0n) is 72.2. The van der Waals surface area contributed by atoms with E-state index in [1.54, 1.807) is 27.7 Å². The van der Waals surface area contributed by atoms with Gasteiger partial charge in [0.1, 0.15) is 90.3 Å². The molecular weight excluding hydrogens is 1670 g/mol. The van der Waals surface area contributed by atoms with Gasteiger partial charge < -0.3 is 149 Å². The van der Waals surface area contributed by atoms with Gasteiger partial charge in [-0.1, -0.05) is 53.7 Å². The Morgan fingerprint density at radius 2 is 0.874 bits per heavy atom. The topological polar surface area (TPSA) is 804 Å². The van der Waals surface area contributed by atoms with E-state index in [1.807, 2.05) is 13.8 Å². The van der Waals surface area contributed by atoms with Crippen molar-refractivity contribution in [2.24, 2.45) is 46.4 Å². The second-order valence-electron chi connectivity index (χ2n) is 32.0. The lowest BCUT2D eigenvalue weighted by Gasteiger charge is -2.32. The molecule has 1 aromatic rings. The molecule has 0 bridgehead atoms. The Bertz CT molecular complexity index is 4010. The number of phenols is 1. The molecule has 2 aliphatic heterocycles. The molecule has 2 saturated heterocycles. The summed E-state index contributed by atoms with van der Waals surface area (Å²) in [5.41, 5.74) is 28.1. The summed E-state index contributed by atoms with van der Waals surface area (Å²) in [6.07, 6.45) is -2.47. The molecule has 2 fully saturated rings. The summed E-state index contributed by atoms with van der Waals surface area (Å²) in [5.74, 6) is -23.0. The maximum absolute atomic E-state index is 14.5. The summed E-state index contributed by atoms with van der Waals surface area (Å²) in [7, 11) is 0. The molecular formula is C78H127N23O26. The van der Waals surface area contributed by atoms with Crippen LogP contribution in [0.3, 0.4) is 0 Å². The van der Waals surface area contributed by atoms with E-state index in [2.05, 4.69) is 79.8 Å². The Kier molecular flexibility index (Phi) is 47.1. The first kappa shape index (κ1) is 109. The van der Waals surface area contributed by atoms with E-state index in [0.29, 0.717) is 25.7 Å². The monoisotopic (exact) mass is 1800 g/mol. The molecule has 3 rings (SSSR count). The van der Waals surface area contributed by atoms with Crippen LogP contribution in [0, 0.1) is 23.2 Å². The zero-order chi connectivity index (χ0) is 95.6. The molecule has 710 valence electrons. The molecule has 49 nitrogen and oxygen atoms in total. The number of nitrogens with zero attached hydrogens (tertiary/aromatic N) is 2. The largest absolute Gasteiger partial charge is 0.508 e. The van der Waals surface area contributed by atoms with Crippen LogP contribution in [0.25, 0.3) is 0 Å². The van der Waals surface area contributed by atoms with E-state index in [1.165, 1.54) is 29.2 Å².